The zero-order valence-corrected chi connectivity index (χ0v) is 15.9. The second-order valence-corrected chi connectivity index (χ2v) is 7.16. The van der Waals surface area contributed by atoms with Gasteiger partial charge in [0.05, 0.1) is 18.7 Å². The van der Waals surface area contributed by atoms with Gasteiger partial charge in [0.2, 0.25) is 11.8 Å². The first-order valence-corrected chi connectivity index (χ1v) is 9.17. The molecule has 2 rings (SSSR count). The van der Waals surface area contributed by atoms with Crippen molar-refractivity contribution < 1.29 is 9.59 Å². The zero-order chi connectivity index (χ0) is 18.4. The minimum atomic E-state index is -0.358. The van der Waals surface area contributed by atoms with E-state index >= 15 is 0 Å². The average Bonchev–Trinajstić information content (AvgIpc) is 2.98. The van der Waals surface area contributed by atoms with Gasteiger partial charge in [0.1, 0.15) is 0 Å². The standard InChI is InChI=1S/C18H31N5O2/c1-5-22(13-15-11-20-21(4)12-15)17(24)10-16-18(25)19-7-9-23(16)8-6-14(2)3/h11-12,14,16H,5-10,13H2,1-4H3,(H,19,25). The van der Waals surface area contributed by atoms with Crippen molar-refractivity contribution in [3.8, 4) is 0 Å². The Morgan fingerprint density at radius 2 is 2.24 bits per heavy atom. The van der Waals surface area contributed by atoms with Gasteiger partial charge in [0.25, 0.3) is 0 Å². The van der Waals surface area contributed by atoms with Crippen molar-refractivity contribution in [3.63, 3.8) is 0 Å². The van der Waals surface area contributed by atoms with Crippen LogP contribution in [0.3, 0.4) is 0 Å². The Hall–Kier alpha value is -1.89. The normalized spacial score (nSPS) is 18.4. The summed E-state index contributed by atoms with van der Waals surface area (Å²) in [7, 11) is 1.86. The fourth-order valence-electron chi connectivity index (χ4n) is 3.12. The van der Waals surface area contributed by atoms with Crippen molar-refractivity contribution in [2.24, 2.45) is 13.0 Å². The van der Waals surface area contributed by atoms with Crippen LogP contribution >= 0.6 is 0 Å². The molecule has 7 nitrogen and oxygen atoms in total. The minimum absolute atomic E-state index is 0.0166. The molecule has 1 aliphatic heterocycles. The number of carbonyl (C=O) groups is 2. The van der Waals surface area contributed by atoms with Gasteiger partial charge >= 0.3 is 0 Å². The minimum Gasteiger partial charge on any atom is -0.353 e. The number of amides is 2. The van der Waals surface area contributed by atoms with Gasteiger partial charge in [-0.1, -0.05) is 13.8 Å². The monoisotopic (exact) mass is 349 g/mol. The lowest BCUT2D eigenvalue weighted by molar-refractivity contribution is -0.139. The molecule has 1 saturated heterocycles. The summed E-state index contributed by atoms with van der Waals surface area (Å²) in [5, 5.41) is 7.05. The molecule has 1 atom stereocenters. The molecular weight excluding hydrogens is 318 g/mol. The summed E-state index contributed by atoms with van der Waals surface area (Å²) in [5.41, 5.74) is 1.00. The van der Waals surface area contributed by atoms with Crippen LogP contribution in [-0.2, 0) is 23.2 Å². The van der Waals surface area contributed by atoms with Gasteiger partial charge in [0.15, 0.2) is 0 Å². The molecule has 140 valence electrons. The largest absolute Gasteiger partial charge is 0.353 e. The van der Waals surface area contributed by atoms with E-state index in [2.05, 4.69) is 29.2 Å². The summed E-state index contributed by atoms with van der Waals surface area (Å²) in [6, 6.07) is -0.358. The smallest absolute Gasteiger partial charge is 0.237 e. The number of carbonyl (C=O) groups excluding carboxylic acids is 2. The molecule has 2 heterocycles. The molecule has 0 aliphatic carbocycles. The molecule has 25 heavy (non-hydrogen) atoms. The maximum Gasteiger partial charge on any atom is 0.237 e. The highest BCUT2D eigenvalue weighted by Crippen LogP contribution is 2.14. The van der Waals surface area contributed by atoms with Gasteiger partial charge in [0, 0.05) is 45.0 Å². The number of hydrogen-bond acceptors (Lipinski definition) is 4. The van der Waals surface area contributed by atoms with Gasteiger partial charge in [-0.15, -0.1) is 0 Å². The number of nitrogens with zero attached hydrogens (tertiary/aromatic N) is 4. The maximum absolute atomic E-state index is 12.8. The van der Waals surface area contributed by atoms with Crippen LogP contribution in [0.2, 0.25) is 0 Å². The molecule has 0 radical (unpaired) electrons. The van der Waals surface area contributed by atoms with Gasteiger partial charge in [-0.2, -0.15) is 5.10 Å². The van der Waals surface area contributed by atoms with Crippen LogP contribution in [0, 0.1) is 5.92 Å². The summed E-state index contributed by atoms with van der Waals surface area (Å²) >= 11 is 0. The van der Waals surface area contributed by atoms with E-state index in [1.54, 1.807) is 15.8 Å². The van der Waals surface area contributed by atoms with Crippen LogP contribution in [-0.4, -0.2) is 63.6 Å². The predicted molar refractivity (Wildman–Crippen MR) is 96.7 cm³/mol. The highest BCUT2D eigenvalue weighted by molar-refractivity contribution is 5.88. The van der Waals surface area contributed by atoms with E-state index in [0.717, 1.165) is 25.1 Å². The summed E-state index contributed by atoms with van der Waals surface area (Å²) in [4.78, 5) is 29.0. The number of aryl methyl sites for hydroxylation is 1. The van der Waals surface area contributed by atoms with Crippen molar-refractivity contribution >= 4 is 11.8 Å². The van der Waals surface area contributed by atoms with Crippen molar-refractivity contribution in [1.29, 1.82) is 0 Å². The summed E-state index contributed by atoms with van der Waals surface area (Å²) in [6.45, 7) is 9.80. The Bertz CT molecular complexity index is 584. The van der Waals surface area contributed by atoms with Crippen molar-refractivity contribution in [2.75, 3.05) is 26.2 Å². The molecule has 0 spiro atoms. The molecule has 0 saturated carbocycles. The Kier molecular flexibility index (Phi) is 6.99. The van der Waals surface area contributed by atoms with Crippen LogP contribution in [0.4, 0.5) is 0 Å². The van der Waals surface area contributed by atoms with Crippen molar-refractivity contribution in [3.05, 3.63) is 18.0 Å². The Morgan fingerprint density at radius 1 is 1.48 bits per heavy atom. The van der Waals surface area contributed by atoms with E-state index in [4.69, 9.17) is 0 Å². The average molecular weight is 349 g/mol. The first-order valence-electron chi connectivity index (χ1n) is 9.17. The lowest BCUT2D eigenvalue weighted by Gasteiger charge is -2.36. The Morgan fingerprint density at radius 3 is 2.84 bits per heavy atom. The number of piperazine rings is 1. The third kappa shape index (κ3) is 5.56. The molecule has 1 aromatic rings. The van der Waals surface area contributed by atoms with E-state index in [1.807, 2.05) is 20.2 Å². The summed E-state index contributed by atoms with van der Waals surface area (Å²) in [5.74, 6) is 0.572. The summed E-state index contributed by atoms with van der Waals surface area (Å²) in [6.07, 6.45) is 4.96. The van der Waals surface area contributed by atoms with Gasteiger partial charge in [-0.3, -0.25) is 19.2 Å². The van der Waals surface area contributed by atoms with Crippen LogP contribution in [0.25, 0.3) is 0 Å². The Labute approximate surface area is 150 Å². The first-order chi connectivity index (χ1) is 11.9. The molecule has 0 aromatic carbocycles. The second-order valence-electron chi connectivity index (χ2n) is 7.16. The summed E-state index contributed by atoms with van der Waals surface area (Å²) < 4.78 is 1.73. The molecule has 2 amide bonds. The van der Waals surface area contributed by atoms with Gasteiger partial charge in [-0.05, 0) is 25.8 Å². The third-order valence-corrected chi connectivity index (χ3v) is 4.67. The van der Waals surface area contributed by atoms with E-state index < -0.39 is 0 Å². The number of rotatable bonds is 8. The number of nitrogens with one attached hydrogen (secondary N) is 1. The van der Waals surface area contributed by atoms with Crippen molar-refractivity contribution in [1.82, 2.24) is 24.9 Å². The van der Waals surface area contributed by atoms with Gasteiger partial charge < -0.3 is 10.2 Å². The SMILES string of the molecule is CCN(Cc1cnn(C)c1)C(=O)CC1C(=O)NCCN1CCC(C)C. The van der Waals surface area contributed by atoms with E-state index in [0.29, 0.717) is 25.6 Å². The Balaban J connectivity index is 1.99. The van der Waals surface area contributed by atoms with Crippen molar-refractivity contribution in [2.45, 2.75) is 46.2 Å². The van der Waals surface area contributed by atoms with E-state index in [1.165, 1.54) is 0 Å². The van der Waals surface area contributed by atoms with Crippen LogP contribution < -0.4 is 5.32 Å². The fraction of sp³-hybridized carbons (Fsp3) is 0.722. The fourth-order valence-corrected chi connectivity index (χ4v) is 3.12. The third-order valence-electron chi connectivity index (χ3n) is 4.67. The van der Waals surface area contributed by atoms with E-state index in [-0.39, 0.29) is 24.3 Å². The molecule has 7 heteroatoms. The van der Waals surface area contributed by atoms with Gasteiger partial charge in [-0.25, -0.2) is 0 Å². The quantitative estimate of drug-likeness (QED) is 0.760. The lowest BCUT2D eigenvalue weighted by atomic mass is 10.0. The van der Waals surface area contributed by atoms with Crippen LogP contribution in [0.1, 0.15) is 39.2 Å². The first kappa shape index (κ1) is 19.4. The molecule has 1 fully saturated rings. The highest BCUT2D eigenvalue weighted by atomic mass is 16.2. The van der Waals surface area contributed by atoms with Crippen LogP contribution in [0.5, 0.6) is 0 Å². The number of hydrogen-bond donors (Lipinski definition) is 1. The topological polar surface area (TPSA) is 70.5 Å². The molecule has 0 bridgehead atoms. The molecule has 1 unspecified atom stereocenters. The predicted octanol–water partition coefficient (Wildman–Crippen LogP) is 1.01. The zero-order valence-electron chi connectivity index (χ0n) is 15.9. The maximum atomic E-state index is 12.8. The lowest BCUT2D eigenvalue weighted by Crippen LogP contribution is -2.56. The molecule has 1 aromatic heterocycles. The molecule has 1 N–H and O–H groups in total. The number of aromatic nitrogens is 2. The van der Waals surface area contributed by atoms with E-state index in [9.17, 15) is 9.59 Å². The molecule has 1 aliphatic rings. The van der Waals surface area contributed by atoms with Crippen LogP contribution in [0.15, 0.2) is 12.4 Å². The molecular formula is C18H31N5O2. The second kappa shape index (κ2) is 8.99. The highest BCUT2D eigenvalue weighted by Gasteiger charge is 2.32.